The topological polar surface area (TPSA) is 193 Å². The Labute approximate surface area is 240 Å². The molecule has 16 heteroatoms. The number of para-hydroxylation sites is 1. The predicted octanol–water partition coefficient (Wildman–Crippen LogP) is 1.62. The van der Waals surface area contributed by atoms with Crippen LogP contribution in [0.1, 0.15) is 31.6 Å². The molecule has 2 saturated heterocycles. The number of carbonyl (C=O) groups excluding carboxylic acids is 1. The number of aliphatic hydroxyl groups is 2. The molecule has 2 fully saturated rings. The molecule has 2 aliphatic heterocycles. The molecule has 0 saturated carbocycles. The predicted molar refractivity (Wildman–Crippen MR) is 146 cm³/mol. The first-order valence-corrected chi connectivity index (χ1v) is 14.7. The first-order chi connectivity index (χ1) is 20.1. The number of esters is 1. The fourth-order valence-corrected chi connectivity index (χ4v) is 6.21. The number of benzene rings is 1. The van der Waals surface area contributed by atoms with Gasteiger partial charge in [0.1, 0.15) is 41.9 Å². The minimum absolute atomic E-state index is 0.151. The van der Waals surface area contributed by atoms with Crippen LogP contribution in [0.25, 0.3) is 10.4 Å². The van der Waals surface area contributed by atoms with Crippen molar-refractivity contribution in [3.63, 3.8) is 0 Å². The summed E-state index contributed by atoms with van der Waals surface area (Å²) in [5.41, 5.74) is 4.43. The zero-order valence-electron chi connectivity index (χ0n) is 22.6. The van der Waals surface area contributed by atoms with Gasteiger partial charge in [-0.15, -0.1) is 0 Å². The summed E-state index contributed by atoms with van der Waals surface area (Å²) >= 11 is 0. The van der Waals surface area contributed by atoms with Crippen molar-refractivity contribution in [2.75, 3.05) is 25.6 Å². The smallest absolute Gasteiger partial charge is 0.459 e. The lowest BCUT2D eigenvalue weighted by atomic mass is 10.0. The standard InChI is InChI=1S/C26H31N6O9P/c1-16(25(35)39-17-10-12-37-13-11-17)31-42(36,41-18-6-4-3-5-7-18)38-14-26(28-2)23(34)21(33)22(40-26)19-8-9-20-24(27)29-15-30-32(19)20/h3-9,15-17,21-23,33-34H,10-14H2,1H3,(H,31,36)(H2,27,29,30)/t16-,21-,22-,23-,26+,42-/m0/s1. The molecule has 0 radical (unpaired) electrons. The van der Waals surface area contributed by atoms with Crippen LogP contribution < -0.4 is 15.3 Å². The maximum atomic E-state index is 14.0. The van der Waals surface area contributed by atoms with E-state index in [1.165, 1.54) is 29.9 Å². The van der Waals surface area contributed by atoms with Gasteiger partial charge in [0.25, 0.3) is 0 Å². The average Bonchev–Trinajstić information content (AvgIpc) is 3.53. The van der Waals surface area contributed by atoms with Gasteiger partial charge in [-0.2, -0.15) is 10.2 Å². The van der Waals surface area contributed by atoms with Gasteiger partial charge < -0.3 is 29.9 Å². The van der Waals surface area contributed by atoms with E-state index in [0.717, 1.165) is 0 Å². The molecule has 4 heterocycles. The second-order valence-electron chi connectivity index (χ2n) is 9.91. The summed E-state index contributed by atoms with van der Waals surface area (Å²) in [5.74, 6) is -0.354. The summed E-state index contributed by atoms with van der Waals surface area (Å²) in [6, 6.07) is 10.1. The zero-order valence-corrected chi connectivity index (χ0v) is 23.5. The van der Waals surface area contributed by atoms with Crippen molar-refractivity contribution in [3.05, 3.63) is 65.9 Å². The van der Waals surface area contributed by atoms with E-state index in [1.807, 2.05) is 0 Å². The number of aliphatic hydroxyl groups excluding tert-OH is 2. The third kappa shape index (κ3) is 6.11. The van der Waals surface area contributed by atoms with Gasteiger partial charge in [-0.05, 0) is 31.2 Å². The Morgan fingerprint density at radius 2 is 2.02 bits per heavy atom. The largest absolute Gasteiger partial charge is 0.461 e. The van der Waals surface area contributed by atoms with E-state index in [9.17, 15) is 19.6 Å². The quantitative estimate of drug-likeness (QED) is 0.149. The fourth-order valence-electron chi connectivity index (χ4n) is 4.70. The highest BCUT2D eigenvalue weighted by Gasteiger charge is 2.62. The molecule has 2 aromatic heterocycles. The van der Waals surface area contributed by atoms with Crippen molar-refractivity contribution in [1.82, 2.24) is 19.7 Å². The van der Waals surface area contributed by atoms with Crippen LogP contribution >= 0.6 is 7.75 Å². The number of nitrogens with two attached hydrogens (primary N) is 1. The Hall–Kier alpha value is -3.61. The normalized spacial score (nSPS) is 26.8. The van der Waals surface area contributed by atoms with Crippen molar-refractivity contribution < 1.29 is 42.8 Å². The molecule has 3 aromatic rings. The summed E-state index contributed by atoms with van der Waals surface area (Å²) in [6.07, 6.45) is -2.67. The van der Waals surface area contributed by atoms with Crippen molar-refractivity contribution in [3.8, 4) is 5.75 Å². The third-order valence-electron chi connectivity index (χ3n) is 6.99. The SMILES string of the molecule is [C-]#[N+][C@]1(CO[P@@](=O)(N[C@@H](C)C(=O)OC2CCOCC2)Oc2ccccc2)O[C@@H](c2ccc3c(N)ncnn23)[C@H](O)[C@@H]1O. The highest BCUT2D eigenvalue weighted by atomic mass is 31.2. The number of rotatable bonds is 10. The minimum Gasteiger partial charge on any atom is -0.461 e. The Morgan fingerprint density at radius 1 is 1.29 bits per heavy atom. The molecule has 15 nitrogen and oxygen atoms in total. The molecule has 0 aliphatic carbocycles. The summed E-state index contributed by atoms with van der Waals surface area (Å²) in [7, 11) is -4.42. The van der Waals surface area contributed by atoms with E-state index in [0.29, 0.717) is 37.3 Å². The van der Waals surface area contributed by atoms with Crippen LogP contribution in [-0.4, -0.2) is 80.7 Å². The van der Waals surface area contributed by atoms with E-state index in [2.05, 4.69) is 20.0 Å². The van der Waals surface area contributed by atoms with Crippen LogP contribution in [0.5, 0.6) is 5.75 Å². The minimum atomic E-state index is -4.42. The molecule has 224 valence electrons. The lowest BCUT2D eigenvalue weighted by molar-refractivity contribution is -0.154. The number of ether oxygens (including phenoxy) is 3. The van der Waals surface area contributed by atoms with Gasteiger partial charge in [-0.25, -0.2) is 20.6 Å². The third-order valence-corrected chi connectivity index (χ3v) is 8.61. The van der Waals surface area contributed by atoms with E-state index in [4.69, 9.17) is 35.6 Å². The fraction of sp³-hybridized carbons (Fsp3) is 0.462. The Balaban J connectivity index is 1.35. The number of carbonyl (C=O) groups is 1. The molecule has 0 unspecified atom stereocenters. The van der Waals surface area contributed by atoms with E-state index in [1.54, 1.807) is 30.3 Å². The molecule has 2 aliphatic rings. The molecule has 6 atom stereocenters. The number of hydrogen-bond donors (Lipinski definition) is 4. The lowest BCUT2D eigenvalue weighted by Gasteiger charge is -2.27. The molecular weight excluding hydrogens is 571 g/mol. The van der Waals surface area contributed by atoms with Gasteiger partial charge >= 0.3 is 19.4 Å². The summed E-state index contributed by atoms with van der Waals surface area (Å²) in [5, 5.41) is 28.6. The van der Waals surface area contributed by atoms with Crippen LogP contribution in [0.2, 0.25) is 0 Å². The molecular formula is C26H31N6O9P. The number of aromatic nitrogens is 3. The van der Waals surface area contributed by atoms with Gasteiger partial charge in [0.05, 0.1) is 18.9 Å². The van der Waals surface area contributed by atoms with Crippen LogP contribution in [-0.2, 0) is 28.1 Å². The lowest BCUT2D eigenvalue weighted by Crippen LogP contribution is -2.45. The Kier molecular flexibility index (Phi) is 8.76. The molecule has 0 bridgehead atoms. The van der Waals surface area contributed by atoms with E-state index in [-0.39, 0.29) is 17.7 Å². The molecule has 0 spiro atoms. The number of nitrogens with zero attached hydrogens (tertiary/aromatic N) is 4. The maximum absolute atomic E-state index is 14.0. The number of nitrogens with one attached hydrogen (secondary N) is 1. The van der Waals surface area contributed by atoms with Gasteiger partial charge in [0, 0.05) is 12.8 Å². The van der Waals surface area contributed by atoms with Gasteiger partial charge in [-0.1, -0.05) is 18.2 Å². The van der Waals surface area contributed by atoms with Crippen LogP contribution in [0, 0.1) is 6.57 Å². The van der Waals surface area contributed by atoms with Crippen LogP contribution in [0.15, 0.2) is 48.8 Å². The van der Waals surface area contributed by atoms with Crippen LogP contribution in [0.4, 0.5) is 5.82 Å². The second-order valence-corrected chi connectivity index (χ2v) is 11.6. The highest BCUT2D eigenvalue weighted by molar-refractivity contribution is 7.52. The van der Waals surface area contributed by atoms with Gasteiger partial charge in [-0.3, -0.25) is 18.9 Å². The Bertz CT molecular complexity index is 1490. The first-order valence-electron chi connectivity index (χ1n) is 13.2. The molecule has 1 aromatic carbocycles. The number of hydrogen-bond acceptors (Lipinski definition) is 12. The van der Waals surface area contributed by atoms with Gasteiger partial charge in [0.15, 0.2) is 18.5 Å². The van der Waals surface area contributed by atoms with Crippen LogP contribution in [0.3, 0.4) is 0 Å². The Morgan fingerprint density at radius 3 is 2.74 bits per heavy atom. The summed E-state index contributed by atoms with van der Waals surface area (Å²) in [4.78, 5) is 20.1. The number of anilines is 1. The molecule has 42 heavy (non-hydrogen) atoms. The van der Waals surface area contributed by atoms with E-state index < -0.39 is 50.4 Å². The average molecular weight is 603 g/mol. The summed E-state index contributed by atoms with van der Waals surface area (Å²) < 4.78 is 43.4. The number of fused-ring (bicyclic) bond motifs is 1. The monoisotopic (exact) mass is 602 g/mol. The first kappa shape index (κ1) is 29.9. The van der Waals surface area contributed by atoms with Crippen molar-refractivity contribution in [2.24, 2.45) is 0 Å². The van der Waals surface area contributed by atoms with Crippen molar-refractivity contribution in [1.29, 1.82) is 0 Å². The maximum Gasteiger partial charge on any atom is 0.459 e. The highest BCUT2D eigenvalue weighted by Crippen LogP contribution is 2.49. The van der Waals surface area contributed by atoms with Gasteiger partial charge in [0.2, 0.25) is 0 Å². The number of nitrogen functional groups attached to an aromatic ring is 1. The van der Waals surface area contributed by atoms with Crippen molar-refractivity contribution >= 4 is 25.1 Å². The second kappa shape index (κ2) is 12.3. The van der Waals surface area contributed by atoms with E-state index >= 15 is 0 Å². The molecule has 5 N–H and O–H groups in total. The molecule has 0 amide bonds. The molecule has 5 rings (SSSR count). The summed E-state index contributed by atoms with van der Waals surface area (Å²) in [6.45, 7) is 9.38. The zero-order chi connectivity index (χ0) is 29.9. The van der Waals surface area contributed by atoms with Crippen molar-refractivity contribution in [2.45, 2.75) is 55.9 Å².